The summed E-state index contributed by atoms with van der Waals surface area (Å²) in [6.07, 6.45) is 5.92. The standard InChI is InChI=1S/C33H27Cl2N3O3S/c1-20(39)29-14-15-30(42-29)23-8-3-21(4-9-23)7-16-31-37-28(26-13-12-25(34)17-27(26)35)19-38(31)18-22-5-10-24(11-6-22)32(36)33(40)41-2/h3-17,19,32H,18,36H2,1-2H3/b16-7+. The minimum Gasteiger partial charge on any atom is -0.468 e. The molecule has 2 aromatic heterocycles. The van der Waals surface area contributed by atoms with E-state index in [0.29, 0.717) is 22.2 Å². The molecule has 2 N–H and O–H groups in total. The van der Waals surface area contributed by atoms with Gasteiger partial charge in [0, 0.05) is 28.2 Å². The van der Waals surface area contributed by atoms with E-state index in [-0.39, 0.29) is 5.78 Å². The van der Waals surface area contributed by atoms with Gasteiger partial charge in [0.25, 0.3) is 0 Å². The van der Waals surface area contributed by atoms with Crippen molar-refractivity contribution in [3.05, 3.63) is 122 Å². The molecule has 0 bridgehead atoms. The number of carbonyl (C=O) groups excluding carboxylic acids is 2. The van der Waals surface area contributed by atoms with Crippen molar-refractivity contribution in [2.45, 2.75) is 19.5 Å². The van der Waals surface area contributed by atoms with E-state index in [2.05, 4.69) is 0 Å². The van der Waals surface area contributed by atoms with Gasteiger partial charge in [-0.2, -0.15) is 0 Å². The summed E-state index contributed by atoms with van der Waals surface area (Å²) in [7, 11) is 1.32. The summed E-state index contributed by atoms with van der Waals surface area (Å²) < 4.78 is 6.79. The molecular weight excluding hydrogens is 589 g/mol. The molecule has 0 aliphatic rings. The average Bonchev–Trinajstić information content (AvgIpc) is 3.64. The van der Waals surface area contributed by atoms with Gasteiger partial charge >= 0.3 is 5.97 Å². The highest BCUT2D eigenvalue weighted by molar-refractivity contribution is 7.17. The molecule has 0 radical (unpaired) electrons. The number of methoxy groups -OCH3 is 1. The number of ketones is 1. The Bertz CT molecular complexity index is 1770. The van der Waals surface area contributed by atoms with Gasteiger partial charge in [-0.15, -0.1) is 11.3 Å². The molecular formula is C33H27Cl2N3O3S. The van der Waals surface area contributed by atoms with Gasteiger partial charge in [0.05, 0.1) is 22.7 Å². The van der Waals surface area contributed by atoms with Crippen molar-refractivity contribution in [1.29, 1.82) is 0 Å². The Hall–Kier alpha value is -4.01. The minimum absolute atomic E-state index is 0.0706. The molecule has 1 atom stereocenters. The molecule has 2 heterocycles. The zero-order valence-corrected chi connectivity index (χ0v) is 25.2. The van der Waals surface area contributed by atoms with Crippen molar-refractivity contribution in [3.63, 3.8) is 0 Å². The van der Waals surface area contributed by atoms with Crippen LogP contribution < -0.4 is 5.73 Å². The van der Waals surface area contributed by atoms with E-state index < -0.39 is 12.0 Å². The molecule has 42 heavy (non-hydrogen) atoms. The lowest BCUT2D eigenvalue weighted by atomic mass is 10.1. The van der Waals surface area contributed by atoms with Crippen LogP contribution in [0.15, 0.2) is 85.1 Å². The molecule has 9 heteroatoms. The van der Waals surface area contributed by atoms with Gasteiger partial charge in [0.2, 0.25) is 0 Å². The van der Waals surface area contributed by atoms with Gasteiger partial charge in [-0.25, -0.2) is 4.98 Å². The van der Waals surface area contributed by atoms with E-state index in [4.69, 9.17) is 38.7 Å². The van der Waals surface area contributed by atoms with Gasteiger partial charge in [-0.1, -0.05) is 77.8 Å². The van der Waals surface area contributed by atoms with Crippen LogP contribution in [0, 0.1) is 0 Å². The second kappa shape index (κ2) is 12.9. The smallest absolute Gasteiger partial charge is 0.327 e. The van der Waals surface area contributed by atoms with E-state index in [9.17, 15) is 9.59 Å². The van der Waals surface area contributed by atoms with Crippen LogP contribution in [-0.4, -0.2) is 28.4 Å². The highest BCUT2D eigenvalue weighted by Gasteiger charge is 2.16. The zero-order chi connectivity index (χ0) is 29.8. The number of esters is 1. The van der Waals surface area contributed by atoms with Crippen molar-refractivity contribution < 1.29 is 14.3 Å². The molecule has 5 aromatic rings. The van der Waals surface area contributed by atoms with Gasteiger partial charge in [-0.3, -0.25) is 9.59 Å². The van der Waals surface area contributed by atoms with Crippen LogP contribution >= 0.6 is 34.5 Å². The maximum Gasteiger partial charge on any atom is 0.327 e. The SMILES string of the molecule is COC(=O)C(N)c1ccc(Cn2cc(-c3ccc(Cl)cc3Cl)nc2/C=C/c2ccc(-c3ccc(C(C)=O)s3)cc2)cc1. The number of ether oxygens (including phenoxy) is 1. The lowest BCUT2D eigenvalue weighted by molar-refractivity contribution is -0.142. The number of benzene rings is 3. The Morgan fingerprint density at radius 1 is 1.00 bits per heavy atom. The number of hydrogen-bond acceptors (Lipinski definition) is 6. The Labute approximate surface area is 258 Å². The van der Waals surface area contributed by atoms with E-state index in [1.54, 1.807) is 19.1 Å². The first kappa shape index (κ1) is 29.5. The highest BCUT2D eigenvalue weighted by atomic mass is 35.5. The summed E-state index contributed by atoms with van der Waals surface area (Å²) in [6, 6.07) is 24.0. The molecule has 5 rings (SSSR count). The number of nitrogens with zero attached hydrogens (tertiary/aromatic N) is 2. The van der Waals surface area contributed by atoms with Gasteiger partial charge in [0.15, 0.2) is 5.78 Å². The van der Waals surface area contributed by atoms with E-state index >= 15 is 0 Å². The van der Waals surface area contributed by atoms with Crippen LogP contribution in [0.3, 0.4) is 0 Å². The average molecular weight is 617 g/mol. The number of imidazole rings is 1. The van der Waals surface area contributed by atoms with Crippen LogP contribution in [0.5, 0.6) is 0 Å². The third-order valence-electron chi connectivity index (χ3n) is 6.73. The van der Waals surface area contributed by atoms with Crippen LogP contribution in [0.1, 0.15) is 45.2 Å². The van der Waals surface area contributed by atoms with Crippen LogP contribution in [-0.2, 0) is 16.1 Å². The normalized spacial score (nSPS) is 12.0. The predicted molar refractivity (Wildman–Crippen MR) is 171 cm³/mol. The molecule has 0 saturated carbocycles. The first-order valence-corrected chi connectivity index (χ1v) is 14.6. The zero-order valence-electron chi connectivity index (χ0n) is 22.9. The van der Waals surface area contributed by atoms with Crippen molar-refractivity contribution in [2.75, 3.05) is 7.11 Å². The molecule has 1 unspecified atom stereocenters. The largest absolute Gasteiger partial charge is 0.468 e. The second-order valence-electron chi connectivity index (χ2n) is 9.65. The lowest BCUT2D eigenvalue weighted by Crippen LogP contribution is -2.22. The Balaban J connectivity index is 1.43. The fraction of sp³-hybridized carbons (Fsp3) is 0.121. The maximum absolute atomic E-state index is 11.8. The van der Waals surface area contributed by atoms with Crippen molar-refractivity contribution in [2.24, 2.45) is 5.73 Å². The number of carbonyl (C=O) groups is 2. The summed E-state index contributed by atoms with van der Waals surface area (Å²) in [5.41, 5.74) is 11.2. The van der Waals surface area contributed by atoms with Crippen molar-refractivity contribution >= 4 is 58.4 Å². The molecule has 212 valence electrons. The summed E-state index contributed by atoms with van der Waals surface area (Å²) in [4.78, 5) is 30.2. The molecule has 6 nitrogen and oxygen atoms in total. The van der Waals surface area contributed by atoms with E-state index in [1.165, 1.54) is 18.4 Å². The number of halogens is 2. The second-order valence-corrected chi connectivity index (χ2v) is 11.6. The fourth-order valence-electron chi connectivity index (χ4n) is 4.42. The molecule has 0 fully saturated rings. The third-order valence-corrected chi connectivity index (χ3v) is 8.52. The summed E-state index contributed by atoms with van der Waals surface area (Å²) in [5.74, 6) is 0.319. The molecule has 0 aliphatic carbocycles. The van der Waals surface area contributed by atoms with Crippen LogP contribution in [0.4, 0.5) is 0 Å². The van der Waals surface area contributed by atoms with E-state index in [0.717, 1.165) is 43.5 Å². The van der Waals surface area contributed by atoms with Crippen molar-refractivity contribution in [1.82, 2.24) is 9.55 Å². The fourth-order valence-corrected chi connectivity index (χ4v) is 5.83. The predicted octanol–water partition coefficient (Wildman–Crippen LogP) is 8.18. The number of aromatic nitrogens is 2. The van der Waals surface area contributed by atoms with Crippen LogP contribution in [0.25, 0.3) is 33.9 Å². The monoisotopic (exact) mass is 615 g/mol. The Kier molecular flexibility index (Phi) is 9.04. The molecule has 0 spiro atoms. The summed E-state index contributed by atoms with van der Waals surface area (Å²) in [6.45, 7) is 2.11. The summed E-state index contributed by atoms with van der Waals surface area (Å²) in [5, 5.41) is 1.07. The quantitative estimate of drug-likeness (QED) is 0.133. The Morgan fingerprint density at radius 2 is 1.74 bits per heavy atom. The van der Waals surface area contributed by atoms with Crippen LogP contribution in [0.2, 0.25) is 10.0 Å². The third kappa shape index (κ3) is 6.72. The molecule has 0 saturated heterocycles. The number of thiophene rings is 1. The highest BCUT2D eigenvalue weighted by Crippen LogP contribution is 2.31. The topological polar surface area (TPSA) is 87.2 Å². The lowest BCUT2D eigenvalue weighted by Gasteiger charge is -2.11. The minimum atomic E-state index is -0.836. The number of hydrogen-bond donors (Lipinski definition) is 1. The molecule has 0 amide bonds. The maximum atomic E-state index is 11.8. The van der Waals surface area contributed by atoms with Gasteiger partial charge in [0.1, 0.15) is 11.9 Å². The molecule has 0 aliphatic heterocycles. The van der Waals surface area contributed by atoms with Gasteiger partial charge in [-0.05, 0) is 65.6 Å². The van der Waals surface area contributed by atoms with Gasteiger partial charge < -0.3 is 15.0 Å². The van der Waals surface area contributed by atoms with Crippen molar-refractivity contribution in [3.8, 4) is 21.7 Å². The summed E-state index contributed by atoms with van der Waals surface area (Å²) >= 11 is 14.1. The number of Topliss-reactive ketones (excluding diaryl/α,β-unsaturated/α-hetero) is 1. The Morgan fingerprint density at radius 3 is 2.38 bits per heavy atom. The van der Waals surface area contributed by atoms with E-state index in [1.807, 2.05) is 89.6 Å². The number of rotatable bonds is 9. The first-order valence-electron chi connectivity index (χ1n) is 13.1. The molecule has 3 aromatic carbocycles. The number of nitrogens with two attached hydrogens (primary N) is 1. The first-order chi connectivity index (χ1) is 20.2.